The van der Waals surface area contributed by atoms with Crippen LogP contribution in [0.2, 0.25) is 0 Å². The van der Waals surface area contributed by atoms with Gasteiger partial charge in [0.1, 0.15) is 0 Å². The van der Waals surface area contributed by atoms with Crippen LogP contribution in [0.5, 0.6) is 0 Å². The summed E-state index contributed by atoms with van der Waals surface area (Å²) in [5.41, 5.74) is 2.91. The molecule has 3 heteroatoms. The van der Waals surface area contributed by atoms with Crippen molar-refractivity contribution in [1.29, 1.82) is 0 Å². The number of benzene rings is 2. The molecule has 0 spiro atoms. The minimum Gasteiger partial charge on any atom is -0.372 e. The lowest BCUT2D eigenvalue weighted by atomic mass is 9.80. The Bertz CT molecular complexity index is 764. The number of fused-ring (bicyclic) bond motifs is 2. The number of aliphatic hydroxyl groups is 1. The van der Waals surface area contributed by atoms with Crippen molar-refractivity contribution in [3.8, 4) is 0 Å². The maximum Gasteiger partial charge on any atom is 0.265 e. The predicted molar refractivity (Wildman–Crippen MR) is 80.2 cm³/mol. The topological polar surface area (TPSA) is 49.3 Å². The van der Waals surface area contributed by atoms with Crippen molar-refractivity contribution in [2.75, 3.05) is 0 Å². The van der Waals surface area contributed by atoms with Gasteiger partial charge in [-0.1, -0.05) is 54.6 Å². The van der Waals surface area contributed by atoms with Crippen molar-refractivity contribution in [1.82, 2.24) is 5.32 Å². The summed E-state index contributed by atoms with van der Waals surface area (Å²) < 4.78 is 0. The summed E-state index contributed by atoms with van der Waals surface area (Å²) >= 11 is 0. The van der Waals surface area contributed by atoms with E-state index in [1.165, 1.54) is 5.56 Å². The fourth-order valence-electron chi connectivity index (χ4n) is 3.36. The number of amides is 1. The summed E-state index contributed by atoms with van der Waals surface area (Å²) in [5, 5.41) is 14.0. The zero-order valence-electron chi connectivity index (χ0n) is 11.5. The number of hydrogen-bond donors (Lipinski definition) is 2. The molecule has 0 bridgehead atoms. The molecule has 0 fully saturated rings. The molecule has 0 saturated carbocycles. The minimum atomic E-state index is -1.54. The molecule has 2 aliphatic rings. The monoisotopic (exact) mass is 277 g/mol. The first-order chi connectivity index (χ1) is 10.2. The second-order valence-electron chi connectivity index (χ2n) is 5.54. The maximum absolute atomic E-state index is 12.5. The molecular weight excluding hydrogens is 262 g/mol. The van der Waals surface area contributed by atoms with Crippen LogP contribution in [0.25, 0.3) is 5.70 Å². The molecule has 104 valence electrons. The Morgan fingerprint density at radius 3 is 2.48 bits per heavy atom. The summed E-state index contributed by atoms with van der Waals surface area (Å²) in [6.07, 6.45) is 1.54. The van der Waals surface area contributed by atoms with Crippen molar-refractivity contribution in [2.24, 2.45) is 0 Å². The highest BCUT2D eigenvalue weighted by Crippen LogP contribution is 2.44. The van der Waals surface area contributed by atoms with E-state index in [2.05, 4.69) is 11.4 Å². The van der Waals surface area contributed by atoms with Gasteiger partial charge in [-0.3, -0.25) is 4.79 Å². The standard InChI is InChI=1S/C18H15NO2/c20-17-18(21,13-7-2-1-3-8-13)15-11-10-12-6-4-5-9-14(12)16(15)19-17/h1-9,21H,10-11H2,(H,19,20)/t18-/m1/s1. The number of carbonyl (C=O) groups excluding carboxylic acids is 1. The number of hydrogen-bond acceptors (Lipinski definition) is 2. The van der Waals surface area contributed by atoms with Crippen LogP contribution in [0.3, 0.4) is 0 Å². The quantitative estimate of drug-likeness (QED) is 0.840. The molecule has 0 unspecified atom stereocenters. The molecule has 1 atom stereocenters. The van der Waals surface area contributed by atoms with E-state index in [0.29, 0.717) is 12.0 Å². The second-order valence-corrected chi connectivity index (χ2v) is 5.54. The zero-order chi connectivity index (χ0) is 14.4. The molecule has 3 nitrogen and oxygen atoms in total. The average molecular weight is 277 g/mol. The second kappa shape index (κ2) is 4.30. The van der Waals surface area contributed by atoms with Crippen LogP contribution in [0.15, 0.2) is 60.2 Å². The van der Waals surface area contributed by atoms with E-state index in [4.69, 9.17) is 0 Å². The largest absolute Gasteiger partial charge is 0.372 e. The summed E-state index contributed by atoms with van der Waals surface area (Å²) in [5.74, 6) is -0.351. The van der Waals surface area contributed by atoms with Crippen molar-refractivity contribution in [3.05, 3.63) is 76.9 Å². The van der Waals surface area contributed by atoms with Crippen LogP contribution < -0.4 is 5.32 Å². The average Bonchev–Trinajstić information content (AvgIpc) is 2.81. The fraction of sp³-hybridized carbons (Fsp3) is 0.167. The van der Waals surface area contributed by atoms with Crippen molar-refractivity contribution >= 4 is 11.6 Å². The third kappa shape index (κ3) is 1.61. The number of carbonyl (C=O) groups is 1. The highest BCUT2D eigenvalue weighted by atomic mass is 16.3. The van der Waals surface area contributed by atoms with Crippen LogP contribution in [-0.2, 0) is 16.8 Å². The van der Waals surface area contributed by atoms with E-state index in [1.807, 2.05) is 36.4 Å². The first-order valence-electron chi connectivity index (χ1n) is 7.12. The summed E-state index contributed by atoms with van der Waals surface area (Å²) in [6.45, 7) is 0. The molecule has 1 aliphatic carbocycles. The molecule has 4 rings (SSSR count). The Labute approximate surface area is 122 Å². The summed E-state index contributed by atoms with van der Waals surface area (Å²) in [7, 11) is 0. The number of nitrogens with one attached hydrogen (secondary N) is 1. The maximum atomic E-state index is 12.5. The highest BCUT2D eigenvalue weighted by Gasteiger charge is 2.49. The van der Waals surface area contributed by atoms with Gasteiger partial charge in [0.15, 0.2) is 5.60 Å². The molecule has 0 radical (unpaired) electrons. The molecule has 2 aromatic rings. The number of aryl methyl sites for hydroxylation is 1. The molecule has 1 heterocycles. The Kier molecular flexibility index (Phi) is 2.53. The predicted octanol–water partition coefficient (Wildman–Crippen LogP) is 2.36. The zero-order valence-corrected chi connectivity index (χ0v) is 11.5. The van der Waals surface area contributed by atoms with E-state index in [1.54, 1.807) is 12.1 Å². The normalized spacial score (nSPS) is 23.6. The van der Waals surface area contributed by atoms with Gasteiger partial charge in [0.25, 0.3) is 5.91 Å². The molecule has 21 heavy (non-hydrogen) atoms. The van der Waals surface area contributed by atoms with Gasteiger partial charge in [0.2, 0.25) is 0 Å². The SMILES string of the molecule is O=C1NC2=C(CCc3ccccc32)[C@]1(O)c1ccccc1. The Morgan fingerprint density at radius 2 is 1.67 bits per heavy atom. The van der Waals surface area contributed by atoms with E-state index in [9.17, 15) is 9.90 Å². The van der Waals surface area contributed by atoms with Crippen molar-refractivity contribution in [3.63, 3.8) is 0 Å². The van der Waals surface area contributed by atoms with Gasteiger partial charge in [0, 0.05) is 5.56 Å². The molecule has 1 aliphatic heterocycles. The number of rotatable bonds is 1. The van der Waals surface area contributed by atoms with Gasteiger partial charge in [0.05, 0.1) is 5.70 Å². The first-order valence-corrected chi connectivity index (χ1v) is 7.12. The lowest BCUT2D eigenvalue weighted by Crippen LogP contribution is -2.38. The van der Waals surface area contributed by atoms with Crippen LogP contribution >= 0.6 is 0 Å². The fourth-order valence-corrected chi connectivity index (χ4v) is 3.36. The van der Waals surface area contributed by atoms with Crippen molar-refractivity contribution < 1.29 is 9.90 Å². The van der Waals surface area contributed by atoms with E-state index < -0.39 is 5.60 Å². The van der Waals surface area contributed by atoms with Gasteiger partial charge in [-0.15, -0.1) is 0 Å². The van der Waals surface area contributed by atoms with Crippen LogP contribution in [-0.4, -0.2) is 11.0 Å². The third-order valence-corrected chi connectivity index (χ3v) is 4.43. The Hall–Kier alpha value is -2.39. The molecule has 2 aromatic carbocycles. The lowest BCUT2D eigenvalue weighted by Gasteiger charge is -2.26. The van der Waals surface area contributed by atoms with Gasteiger partial charge >= 0.3 is 0 Å². The highest BCUT2D eigenvalue weighted by molar-refractivity contribution is 6.04. The lowest BCUT2D eigenvalue weighted by molar-refractivity contribution is -0.134. The molecule has 2 N–H and O–H groups in total. The van der Waals surface area contributed by atoms with Gasteiger partial charge in [-0.25, -0.2) is 0 Å². The van der Waals surface area contributed by atoms with Crippen LogP contribution in [0.4, 0.5) is 0 Å². The third-order valence-electron chi connectivity index (χ3n) is 4.43. The minimum absolute atomic E-state index is 0.351. The molecule has 1 amide bonds. The molecular formula is C18H15NO2. The van der Waals surface area contributed by atoms with Crippen molar-refractivity contribution in [2.45, 2.75) is 18.4 Å². The smallest absolute Gasteiger partial charge is 0.265 e. The van der Waals surface area contributed by atoms with E-state index in [0.717, 1.165) is 23.3 Å². The Morgan fingerprint density at radius 1 is 0.952 bits per heavy atom. The van der Waals surface area contributed by atoms with Gasteiger partial charge in [-0.2, -0.15) is 0 Å². The van der Waals surface area contributed by atoms with Gasteiger partial charge in [-0.05, 0) is 29.5 Å². The first kappa shape index (κ1) is 12.4. The molecule has 0 aromatic heterocycles. The van der Waals surface area contributed by atoms with Gasteiger partial charge < -0.3 is 10.4 Å². The van der Waals surface area contributed by atoms with Crippen LogP contribution in [0.1, 0.15) is 23.1 Å². The summed E-state index contributed by atoms with van der Waals surface area (Å²) in [4.78, 5) is 12.5. The van der Waals surface area contributed by atoms with E-state index in [-0.39, 0.29) is 5.91 Å². The summed E-state index contributed by atoms with van der Waals surface area (Å²) in [6, 6.07) is 17.2. The Balaban J connectivity index is 1.93. The van der Waals surface area contributed by atoms with Crippen LogP contribution in [0, 0.1) is 0 Å². The van der Waals surface area contributed by atoms with E-state index >= 15 is 0 Å². The molecule has 0 saturated heterocycles.